The highest BCUT2D eigenvalue weighted by Gasteiger charge is 2.45. The maximum absolute atomic E-state index is 14.8. The molecule has 1 saturated heterocycles. The highest BCUT2D eigenvalue weighted by atomic mass is 19.3. The normalized spacial score (nSPS) is 21.4. The van der Waals surface area contributed by atoms with E-state index in [0.717, 1.165) is 24.5 Å². The summed E-state index contributed by atoms with van der Waals surface area (Å²) in [6.07, 6.45) is -0.345. The van der Waals surface area contributed by atoms with Crippen molar-refractivity contribution in [2.75, 3.05) is 25.5 Å². The number of anilines is 1. The van der Waals surface area contributed by atoms with E-state index >= 15 is 0 Å². The SMILES string of the molecule is [2H]c1cc(N[C@H](C)c2cccc(C(F)F)c2F)c2cc([C@]3(OC)CCN(C(=O)C4CC4)C3)ccc2n1. The summed E-state index contributed by atoms with van der Waals surface area (Å²) in [4.78, 5) is 18.8. The molecule has 3 aromatic rings. The number of benzene rings is 2. The lowest BCUT2D eigenvalue weighted by Crippen LogP contribution is -2.36. The number of carbonyl (C=O) groups excluding carboxylic acids is 1. The zero-order valence-electron chi connectivity index (χ0n) is 20.7. The number of pyridine rings is 1. The van der Waals surface area contributed by atoms with Crippen LogP contribution in [0.1, 0.15) is 56.7 Å². The van der Waals surface area contributed by atoms with Crippen LogP contribution >= 0.6 is 0 Å². The van der Waals surface area contributed by atoms with Crippen LogP contribution in [-0.4, -0.2) is 36.0 Å². The van der Waals surface area contributed by atoms with Gasteiger partial charge in [0.1, 0.15) is 11.4 Å². The first kappa shape index (κ1) is 22.3. The Kier molecular flexibility index (Phi) is 5.84. The van der Waals surface area contributed by atoms with Crippen LogP contribution < -0.4 is 5.32 Å². The molecule has 1 aromatic heterocycles. The number of nitrogens with one attached hydrogen (secondary N) is 1. The Bertz CT molecular complexity index is 1320. The standard InChI is InChI=1S/C27H28F3N3O2/c1-16(19-4-3-5-20(24(19)28)25(29)30)32-23-10-12-31-22-9-8-18(14-21(22)23)27(35-2)11-13-33(15-27)26(34)17-6-7-17/h3-5,8-10,12,14,16-17,25H,6-7,11,13,15H2,1-2H3,(H,31,32)/t16-,27+/m1/s1/i12D. The van der Waals surface area contributed by atoms with Gasteiger partial charge < -0.3 is 15.0 Å². The molecule has 5 nitrogen and oxygen atoms in total. The van der Waals surface area contributed by atoms with Crippen LogP contribution in [0.15, 0.2) is 48.6 Å². The van der Waals surface area contributed by atoms with Crippen LogP contribution in [0.5, 0.6) is 0 Å². The van der Waals surface area contributed by atoms with Crippen molar-refractivity contribution in [3.05, 3.63) is 71.1 Å². The van der Waals surface area contributed by atoms with Crippen molar-refractivity contribution in [2.24, 2.45) is 5.92 Å². The van der Waals surface area contributed by atoms with Crippen LogP contribution in [0.25, 0.3) is 10.9 Å². The van der Waals surface area contributed by atoms with E-state index in [2.05, 4.69) is 10.3 Å². The lowest BCUT2D eigenvalue weighted by Gasteiger charge is -2.29. The Balaban J connectivity index is 1.49. The molecule has 184 valence electrons. The molecule has 1 amide bonds. The van der Waals surface area contributed by atoms with Crippen LogP contribution in [0.3, 0.4) is 0 Å². The number of rotatable bonds is 7. The first-order valence-electron chi connectivity index (χ1n) is 12.3. The summed E-state index contributed by atoms with van der Waals surface area (Å²) in [5, 5.41) is 3.90. The second kappa shape index (κ2) is 9.15. The molecule has 0 radical (unpaired) electrons. The van der Waals surface area contributed by atoms with Crippen molar-refractivity contribution in [1.29, 1.82) is 0 Å². The minimum absolute atomic E-state index is 0.0234. The van der Waals surface area contributed by atoms with Gasteiger partial charge in [-0.25, -0.2) is 13.2 Å². The zero-order chi connectivity index (χ0) is 25.6. The van der Waals surface area contributed by atoms with Gasteiger partial charge in [-0.05, 0) is 49.9 Å². The summed E-state index contributed by atoms with van der Waals surface area (Å²) >= 11 is 0. The van der Waals surface area contributed by atoms with Gasteiger partial charge in [-0.1, -0.05) is 24.3 Å². The molecule has 35 heavy (non-hydrogen) atoms. The van der Waals surface area contributed by atoms with Crippen LogP contribution in [0, 0.1) is 11.7 Å². The molecule has 1 aliphatic heterocycles. The molecular formula is C27H28F3N3O2. The van der Waals surface area contributed by atoms with Gasteiger partial charge >= 0.3 is 0 Å². The fourth-order valence-corrected chi connectivity index (χ4v) is 4.96. The number of nitrogens with zero attached hydrogens (tertiary/aromatic N) is 2. The molecule has 5 rings (SSSR count). The van der Waals surface area contributed by atoms with E-state index in [1.54, 1.807) is 14.0 Å². The second-order valence-corrected chi connectivity index (χ2v) is 9.43. The average Bonchev–Trinajstić information content (AvgIpc) is 3.61. The zero-order valence-corrected chi connectivity index (χ0v) is 19.7. The van der Waals surface area contributed by atoms with Crippen LogP contribution in [0.2, 0.25) is 0 Å². The fourth-order valence-electron chi connectivity index (χ4n) is 4.96. The summed E-state index contributed by atoms with van der Waals surface area (Å²) < 4.78 is 55.3. The van der Waals surface area contributed by atoms with Crippen molar-refractivity contribution >= 4 is 22.5 Å². The lowest BCUT2D eigenvalue weighted by atomic mass is 9.91. The number of methoxy groups -OCH3 is 1. The first-order valence-corrected chi connectivity index (χ1v) is 11.8. The number of alkyl halides is 2. The molecule has 1 N–H and O–H groups in total. The number of fused-ring (bicyclic) bond motifs is 1. The highest BCUT2D eigenvalue weighted by Crippen LogP contribution is 2.40. The van der Waals surface area contributed by atoms with E-state index in [4.69, 9.17) is 6.11 Å². The smallest absolute Gasteiger partial charge is 0.266 e. The average molecular weight is 485 g/mol. The predicted octanol–water partition coefficient (Wildman–Crippen LogP) is 5.97. The minimum Gasteiger partial charge on any atom is -0.378 e. The number of aromatic nitrogens is 1. The van der Waals surface area contributed by atoms with Crippen molar-refractivity contribution in [1.82, 2.24) is 9.88 Å². The fraction of sp³-hybridized carbons (Fsp3) is 0.407. The van der Waals surface area contributed by atoms with Crippen molar-refractivity contribution in [3.63, 3.8) is 0 Å². The first-order chi connectivity index (χ1) is 17.2. The van der Waals surface area contributed by atoms with E-state index in [-0.39, 0.29) is 23.6 Å². The minimum atomic E-state index is -2.91. The number of likely N-dealkylation sites (tertiary alicyclic amines) is 1. The van der Waals surface area contributed by atoms with Crippen molar-refractivity contribution in [2.45, 2.75) is 44.3 Å². The Morgan fingerprint density at radius 1 is 1.26 bits per heavy atom. The maximum Gasteiger partial charge on any atom is 0.266 e. The molecule has 0 bridgehead atoms. The van der Waals surface area contributed by atoms with Gasteiger partial charge in [0.25, 0.3) is 6.43 Å². The monoisotopic (exact) mass is 484 g/mol. The maximum atomic E-state index is 14.8. The molecule has 2 atom stereocenters. The summed E-state index contributed by atoms with van der Waals surface area (Å²) in [5.74, 6) is -0.628. The second-order valence-electron chi connectivity index (χ2n) is 9.43. The van der Waals surface area contributed by atoms with E-state index in [1.807, 2.05) is 23.1 Å². The molecule has 1 aliphatic carbocycles. The topological polar surface area (TPSA) is 54.5 Å². The van der Waals surface area contributed by atoms with Crippen molar-refractivity contribution in [3.8, 4) is 0 Å². The van der Waals surface area contributed by atoms with E-state index in [9.17, 15) is 18.0 Å². The Morgan fingerprint density at radius 3 is 2.74 bits per heavy atom. The largest absolute Gasteiger partial charge is 0.378 e. The summed E-state index contributed by atoms with van der Waals surface area (Å²) in [6, 6.07) is 10.5. The molecule has 1 saturated carbocycles. The van der Waals surface area contributed by atoms with Gasteiger partial charge in [-0.3, -0.25) is 9.78 Å². The molecule has 2 aromatic carbocycles. The number of hydrogen-bond acceptors (Lipinski definition) is 4. The van der Waals surface area contributed by atoms with Gasteiger partial charge in [0.2, 0.25) is 5.91 Å². The molecular weight excluding hydrogens is 455 g/mol. The van der Waals surface area contributed by atoms with E-state index in [0.29, 0.717) is 36.1 Å². The van der Waals surface area contributed by atoms with Crippen LogP contribution in [-0.2, 0) is 15.1 Å². The molecule has 0 spiro atoms. The van der Waals surface area contributed by atoms with Gasteiger partial charge in [-0.2, -0.15) is 0 Å². The summed E-state index contributed by atoms with van der Waals surface area (Å²) in [6.45, 7) is 2.76. The summed E-state index contributed by atoms with van der Waals surface area (Å²) in [5.41, 5.74) is 0.787. The molecule has 2 fully saturated rings. The lowest BCUT2D eigenvalue weighted by molar-refractivity contribution is -0.132. The van der Waals surface area contributed by atoms with Gasteiger partial charge in [0.05, 0.1) is 25.0 Å². The van der Waals surface area contributed by atoms with Crippen LogP contribution in [0.4, 0.5) is 18.9 Å². The third kappa shape index (κ3) is 4.35. The highest BCUT2D eigenvalue weighted by molar-refractivity contribution is 5.92. The number of hydrogen-bond donors (Lipinski definition) is 1. The third-order valence-corrected chi connectivity index (χ3v) is 7.20. The van der Waals surface area contributed by atoms with Gasteiger partial charge in [0.15, 0.2) is 0 Å². The van der Waals surface area contributed by atoms with E-state index in [1.165, 1.54) is 18.2 Å². The number of halogens is 3. The predicted molar refractivity (Wildman–Crippen MR) is 128 cm³/mol. The number of amides is 1. The quantitative estimate of drug-likeness (QED) is 0.449. The molecule has 2 aliphatic rings. The number of ether oxygens (including phenoxy) is 1. The van der Waals surface area contributed by atoms with Gasteiger partial charge in [0, 0.05) is 42.4 Å². The van der Waals surface area contributed by atoms with Gasteiger partial charge in [-0.15, -0.1) is 0 Å². The number of carbonyl (C=O) groups is 1. The summed E-state index contributed by atoms with van der Waals surface area (Å²) in [7, 11) is 1.64. The molecule has 0 unspecified atom stereocenters. The van der Waals surface area contributed by atoms with Crippen molar-refractivity contribution < 1.29 is 24.1 Å². The Hall–Kier alpha value is -3.13. The molecule has 2 heterocycles. The Morgan fingerprint density at radius 2 is 2.03 bits per heavy atom. The Labute approximate surface area is 203 Å². The molecule has 8 heteroatoms. The third-order valence-electron chi connectivity index (χ3n) is 7.20. The van der Waals surface area contributed by atoms with E-state index < -0.39 is 29.4 Å².